The fourth-order valence-corrected chi connectivity index (χ4v) is 3.10. The third-order valence-electron chi connectivity index (χ3n) is 2.70. The van der Waals surface area contributed by atoms with Crippen molar-refractivity contribution in [3.05, 3.63) is 28.7 Å². The normalized spacial score (nSPS) is 12.9. The first kappa shape index (κ1) is 16.1. The molecule has 1 unspecified atom stereocenters. The molecule has 0 bridgehead atoms. The summed E-state index contributed by atoms with van der Waals surface area (Å²) in [5.74, 6) is 1.91. The summed E-state index contributed by atoms with van der Waals surface area (Å²) in [5, 5.41) is 3.65. The van der Waals surface area contributed by atoms with E-state index in [4.69, 9.17) is 0 Å². The van der Waals surface area contributed by atoms with E-state index in [1.165, 1.54) is 17.7 Å². The summed E-state index contributed by atoms with van der Waals surface area (Å²) in [6.07, 6.45) is 2.46. The molecule has 0 fully saturated rings. The molecule has 0 aliphatic heterocycles. The van der Waals surface area contributed by atoms with Gasteiger partial charge in [-0.2, -0.15) is 0 Å². The van der Waals surface area contributed by atoms with E-state index in [1.54, 1.807) is 0 Å². The molecule has 18 heavy (non-hydrogen) atoms. The minimum absolute atomic E-state index is 0.624. The van der Waals surface area contributed by atoms with E-state index >= 15 is 0 Å². The van der Waals surface area contributed by atoms with E-state index in [2.05, 4.69) is 66.3 Å². The third-order valence-corrected chi connectivity index (χ3v) is 4.41. The third kappa shape index (κ3) is 6.81. The van der Waals surface area contributed by atoms with Gasteiger partial charge in [-0.1, -0.05) is 36.7 Å². The second-order valence-electron chi connectivity index (χ2n) is 5.05. The van der Waals surface area contributed by atoms with Crippen LogP contribution < -0.4 is 5.32 Å². The number of halogens is 1. The standard InChI is InChI=1S/C15H24BrNS/c1-4-9-17-14(10-12(2)3)11-18-15-7-5-13(16)6-8-15/h5-8,12,14,17H,4,9-11H2,1-3H3. The average Bonchev–Trinajstić information content (AvgIpc) is 2.34. The van der Waals surface area contributed by atoms with Gasteiger partial charge in [0.15, 0.2) is 0 Å². The molecule has 1 aromatic rings. The Morgan fingerprint density at radius 3 is 2.44 bits per heavy atom. The summed E-state index contributed by atoms with van der Waals surface area (Å²) in [6.45, 7) is 7.94. The maximum Gasteiger partial charge on any atom is 0.0176 e. The Hall–Kier alpha value is 0.01000. The van der Waals surface area contributed by atoms with E-state index < -0.39 is 0 Å². The Labute approximate surface area is 124 Å². The highest BCUT2D eigenvalue weighted by molar-refractivity contribution is 9.10. The maximum absolute atomic E-state index is 3.65. The van der Waals surface area contributed by atoms with Crippen molar-refractivity contribution in [2.75, 3.05) is 12.3 Å². The van der Waals surface area contributed by atoms with Gasteiger partial charge in [-0.25, -0.2) is 0 Å². The van der Waals surface area contributed by atoms with E-state index in [0.717, 1.165) is 22.7 Å². The SMILES string of the molecule is CCCNC(CSc1ccc(Br)cc1)CC(C)C. The van der Waals surface area contributed by atoms with Gasteiger partial charge < -0.3 is 5.32 Å². The monoisotopic (exact) mass is 329 g/mol. The van der Waals surface area contributed by atoms with Crippen molar-refractivity contribution >= 4 is 27.7 Å². The Bertz CT molecular complexity index is 324. The summed E-state index contributed by atoms with van der Waals surface area (Å²) in [4.78, 5) is 1.35. The van der Waals surface area contributed by atoms with Gasteiger partial charge in [-0.3, -0.25) is 0 Å². The molecule has 0 spiro atoms. The van der Waals surface area contributed by atoms with Crippen molar-refractivity contribution in [3.63, 3.8) is 0 Å². The van der Waals surface area contributed by atoms with Crippen LogP contribution in [0.1, 0.15) is 33.6 Å². The molecular formula is C15H24BrNS. The predicted molar refractivity (Wildman–Crippen MR) is 86.4 cm³/mol. The smallest absolute Gasteiger partial charge is 0.0176 e. The minimum Gasteiger partial charge on any atom is -0.313 e. The zero-order valence-corrected chi connectivity index (χ0v) is 14.0. The van der Waals surface area contributed by atoms with Gasteiger partial charge in [-0.15, -0.1) is 11.8 Å². The first-order valence-electron chi connectivity index (χ1n) is 6.73. The molecule has 1 rings (SSSR count). The topological polar surface area (TPSA) is 12.0 Å². The van der Waals surface area contributed by atoms with Crippen LogP contribution in [0.25, 0.3) is 0 Å². The predicted octanol–water partition coefficient (Wildman–Crippen LogP) is 4.96. The molecule has 0 aliphatic carbocycles. The number of benzene rings is 1. The number of thioether (sulfide) groups is 1. The number of hydrogen-bond donors (Lipinski definition) is 1. The first-order valence-corrected chi connectivity index (χ1v) is 8.51. The van der Waals surface area contributed by atoms with Crippen LogP contribution >= 0.6 is 27.7 Å². The molecule has 0 aromatic heterocycles. The lowest BCUT2D eigenvalue weighted by Crippen LogP contribution is -2.33. The second-order valence-corrected chi connectivity index (χ2v) is 7.05. The lowest BCUT2D eigenvalue weighted by molar-refractivity contribution is 0.448. The molecule has 0 amide bonds. The van der Waals surface area contributed by atoms with E-state index in [-0.39, 0.29) is 0 Å². The largest absolute Gasteiger partial charge is 0.313 e. The second kappa shape index (κ2) is 9.00. The molecule has 1 atom stereocenters. The van der Waals surface area contributed by atoms with Crippen LogP contribution in [-0.2, 0) is 0 Å². The molecular weight excluding hydrogens is 306 g/mol. The highest BCUT2D eigenvalue weighted by Crippen LogP contribution is 2.22. The van der Waals surface area contributed by atoms with Gasteiger partial charge >= 0.3 is 0 Å². The summed E-state index contributed by atoms with van der Waals surface area (Å²) in [5.41, 5.74) is 0. The summed E-state index contributed by atoms with van der Waals surface area (Å²) >= 11 is 5.42. The minimum atomic E-state index is 0.624. The first-order chi connectivity index (χ1) is 8.61. The molecule has 0 radical (unpaired) electrons. The maximum atomic E-state index is 3.65. The van der Waals surface area contributed by atoms with E-state index in [0.29, 0.717) is 6.04 Å². The summed E-state index contributed by atoms with van der Waals surface area (Å²) in [7, 11) is 0. The lowest BCUT2D eigenvalue weighted by Gasteiger charge is -2.20. The average molecular weight is 330 g/mol. The Kier molecular flexibility index (Phi) is 8.03. The van der Waals surface area contributed by atoms with Crippen molar-refractivity contribution in [1.29, 1.82) is 0 Å². The molecule has 0 heterocycles. The fraction of sp³-hybridized carbons (Fsp3) is 0.600. The zero-order valence-electron chi connectivity index (χ0n) is 11.6. The quantitative estimate of drug-likeness (QED) is 0.677. The van der Waals surface area contributed by atoms with Crippen LogP contribution in [0.3, 0.4) is 0 Å². The lowest BCUT2D eigenvalue weighted by atomic mass is 10.1. The van der Waals surface area contributed by atoms with Gasteiger partial charge in [0.2, 0.25) is 0 Å². The molecule has 1 aromatic carbocycles. The molecule has 0 saturated heterocycles. The van der Waals surface area contributed by atoms with Gasteiger partial charge in [0.1, 0.15) is 0 Å². The van der Waals surface area contributed by atoms with Crippen molar-refractivity contribution in [2.24, 2.45) is 5.92 Å². The highest BCUT2D eigenvalue weighted by Gasteiger charge is 2.10. The van der Waals surface area contributed by atoms with Crippen LogP contribution in [0.4, 0.5) is 0 Å². The summed E-state index contributed by atoms with van der Waals surface area (Å²) < 4.78 is 1.15. The van der Waals surface area contributed by atoms with Crippen LogP contribution in [0.15, 0.2) is 33.6 Å². The van der Waals surface area contributed by atoms with Crippen LogP contribution in [0.2, 0.25) is 0 Å². The van der Waals surface area contributed by atoms with E-state index in [1.807, 2.05) is 11.8 Å². The molecule has 3 heteroatoms. The Morgan fingerprint density at radius 2 is 1.89 bits per heavy atom. The Morgan fingerprint density at radius 1 is 1.22 bits per heavy atom. The Balaban J connectivity index is 2.42. The van der Waals surface area contributed by atoms with Crippen LogP contribution in [-0.4, -0.2) is 18.3 Å². The van der Waals surface area contributed by atoms with Crippen molar-refractivity contribution in [1.82, 2.24) is 5.32 Å². The van der Waals surface area contributed by atoms with Crippen molar-refractivity contribution in [3.8, 4) is 0 Å². The number of nitrogens with one attached hydrogen (secondary N) is 1. The molecule has 0 saturated carbocycles. The van der Waals surface area contributed by atoms with Crippen LogP contribution in [0, 0.1) is 5.92 Å². The molecule has 102 valence electrons. The van der Waals surface area contributed by atoms with Crippen LogP contribution in [0.5, 0.6) is 0 Å². The van der Waals surface area contributed by atoms with Gasteiger partial charge in [0.05, 0.1) is 0 Å². The van der Waals surface area contributed by atoms with Gasteiger partial charge in [0.25, 0.3) is 0 Å². The van der Waals surface area contributed by atoms with Gasteiger partial charge in [0, 0.05) is 21.2 Å². The number of rotatable bonds is 8. The zero-order chi connectivity index (χ0) is 13.4. The molecule has 1 nitrogen and oxygen atoms in total. The van der Waals surface area contributed by atoms with E-state index in [9.17, 15) is 0 Å². The van der Waals surface area contributed by atoms with Gasteiger partial charge in [-0.05, 0) is 49.6 Å². The highest BCUT2D eigenvalue weighted by atomic mass is 79.9. The number of hydrogen-bond acceptors (Lipinski definition) is 2. The molecule has 1 N–H and O–H groups in total. The summed E-state index contributed by atoms with van der Waals surface area (Å²) in [6, 6.07) is 9.21. The van der Waals surface area contributed by atoms with Crippen molar-refractivity contribution < 1.29 is 0 Å². The fourth-order valence-electron chi connectivity index (χ4n) is 1.86. The van der Waals surface area contributed by atoms with Crippen molar-refractivity contribution in [2.45, 2.75) is 44.6 Å². The molecule has 0 aliphatic rings.